The summed E-state index contributed by atoms with van der Waals surface area (Å²) < 4.78 is 1.84. The van der Waals surface area contributed by atoms with Gasteiger partial charge in [0, 0.05) is 7.05 Å². The van der Waals surface area contributed by atoms with Gasteiger partial charge in [-0.15, -0.1) is 10.2 Å². The van der Waals surface area contributed by atoms with Crippen LogP contribution in [0.4, 0.5) is 11.4 Å². The van der Waals surface area contributed by atoms with Crippen molar-refractivity contribution in [2.75, 3.05) is 11.1 Å². The summed E-state index contributed by atoms with van der Waals surface area (Å²) in [6, 6.07) is 5.47. The summed E-state index contributed by atoms with van der Waals surface area (Å²) in [5.41, 5.74) is 7.17. The monoisotopic (exact) mass is 237 g/mol. The second-order valence-corrected chi connectivity index (χ2v) is 3.82. The Morgan fingerprint density at radius 2 is 2.31 bits per heavy atom. The first kappa shape index (κ1) is 10.8. The van der Waals surface area contributed by atoms with Crippen molar-refractivity contribution in [1.82, 2.24) is 14.8 Å². The third-order valence-electron chi connectivity index (χ3n) is 2.30. The molecule has 0 aliphatic carbocycles. The predicted octanol–water partition coefficient (Wildman–Crippen LogP) is 1.66. The Balaban J connectivity index is 2.11. The highest BCUT2D eigenvalue weighted by Gasteiger charge is 2.04. The Kier molecular flexibility index (Phi) is 2.96. The summed E-state index contributed by atoms with van der Waals surface area (Å²) >= 11 is 5.91. The van der Waals surface area contributed by atoms with E-state index in [0.717, 1.165) is 11.5 Å². The first-order chi connectivity index (χ1) is 7.68. The summed E-state index contributed by atoms with van der Waals surface area (Å²) in [5.74, 6) is 0.833. The van der Waals surface area contributed by atoms with Crippen molar-refractivity contribution in [2.24, 2.45) is 7.05 Å². The fraction of sp³-hybridized carbons (Fsp3) is 0.200. The summed E-state index contributed by atoms with van der Waals surface area (Å²) in [4.78, 5) is 0. The smallest absolute Gasteiger partial charge is 0.151 e. The molecule has 5 nitrogen and oxygen atoms in total. The van der Waals surface area contributed by atoms with Crippen LogP contribution in [0.2, 0.25) is 5.02 Å². The molecule has 1 aromatic carbocycles. The van der Waals surface area contributed by atoms with E-state index in [-0.39, 0.29) is 0 Å². The van der Waals surface area contributed by atoms with Gasteiger partial charge in [-0.3, -0.25) is 0 Å². The van der Waals surface area contributed by atoms with Gasteiger partial charge in [0.2, 0.25) is 0 Å². The van der Waals surface area contributed by atoms with Gasteiger partial charge in [-0.2, -0.15) is 0 Å². The summed E-state index contributed by atoms with van der Waals surface area (Å²) in [6.07, 6.45) is 1.65. The topological polar surface area (TPSA) is 68.8 Å². The van der Waals surface area contributed by atoms with Crippen LogP contribution in [0.25, 0.3) is 0 Å². The molecule has 0 saturated heterocycles. The van der Waals surface area contributed by atoms with Gasteiger partial charge >= 0.3 is 0 Å². The third kappa shape index (κ3) is 2.09. The van der Waals surface area contributed by atoms with Crippen molar-refractivity contribution in [3.05, 3.63) is 35.4 Å². The maximum absolute atomic E-state index is 5.91. The number of hydrogen-bond donors (Lipinski definition) is 2. The molecule has 0 radical (unpaired) electrons. The molecular formula is C10H12ClN5. The van der Waals surface area contributed by atoms with Gasteiger partial charge in [0.15, 0.2) is 5.82 Å². The lowest BCUT2D eigenvalue weighted by Crippen LogP contribution is -2.07. The standard InChI is InChI=1S/C10H12ClN5/c1-16-6-14-15-9(16)5-13-8-4-2-3-7(11)10(8)12/h2-4,6,13H,5,12H2,1H3. The van der Waals surface area contributed by atoms with Crippen LogP contribution in [0.15, 0.2) is 24.5 Å². The molecule has 0 unspecified atom stereocenters. The molecule has 3 N–H and O–H groups in total. The molecule has 2 aromatic rings. The average molecular weight is 238 g/mol. The van der Waals surface area contributed by atoms with E-state index in [1.165, 1.54) is 0 Å². The Bertz CT molecular complexity index is 494. The number of anilines is 2. The minimum atomic E-state index is 0.544. The predicted molar refractivity (Wildman–Crippen MR) is 64.2 cm³/mol. The van der Waals surface area contributed by atoms with Crippen molar-refractivity contribution in [3.63, 3.8) is 0 Å². The molecular weight excluding hydrogens is 226 g/mol. The number of benzene rings is 1. The largest absolute Gasteiger partial charge is 0.396 e. The van der Waals surface area contributed by atoms with Gasteiger partial charge in [-0.25, -0.2) is 0 Å². The van der Waals surface area contributed by atoms with E-state index in [2.05, 4.69) is 15.5 Å². The highest BCUT2D eigenvalue weighted by atomic mass is 35.5. The second kappa shape index (κ2) is 4.40. The van der Waals surface area contributed by atoms with E-state index in [1.807, 2.05) is 23.7 Å². The van der Waals surface area contributed by atoms with Gasteiger partial charge in [0.05, 0.1) is 22.9 Å². The minimum Gasteiger partial charge on any atom is -0.396 e. The number of hydrogen-bond acceptors (Lipinski definition) is 4. The molecule has 84 valence electrons. The lowest BCUT2D eigenvalue weighted by atomic mass is 10.2. The highest BCUT2D eigenvalue weighted by Crippen LogP contribution is 2.26. The van der Waals surface area contributed by atoms with Crippen LogP contribution >= 0.6 is 11.6 Å². The molecule has 0 aliphatic rings. The van der Waals surface area contributed by atoms with E-state index in [4.69, 9.17) is 17.3 Å². The minimum absolute atomic E-state index is 0.544. The number of nitrogens with two attached hydrogens (primary N) is 1. The van der Waals surface area contributed by atoms with Gasteiger partial charge in [-0.05, 0) is 12.1 Å². The molecule has 2 rings (SSSR count). The number of para-hydroxylation sites is 1. The molecule has 0 fully saturated rings. The van der Waals surface area contributed by atoms with Crippen LogP contribution in [-0.4, -0.2) is 14.8 Å². The maximum atomic E-state index is 5.91. The number of aromatic nitrogens is 3. The highest BCUT2D eigenvalue weighted by molar-refractivity contribution is 6.33. The molecule has 0 saturated carbocycles. The van der Waals surface area contributed by atoms with Gasteiger partial charge in [-0.1, -0.05) is 17.7 Å². The Hall–Kier alpha value is -1.75. The van der Waals surface area contributed by atoms with E-state index in [9.17, 15) is 0 Å². The van der Waals surface area contributed by atoms with Crippen LogP contribution in [-0.2, 0) is 13.6 Å². The SMILES string of the molecule is Cn1cnnc1CNc1cccc(Cl)c1N. The number of halogens is 1. The number of rotatable bonds is 3. The van der Waals surface area contributed by atoms with Crippen molar-refractivity contribution >= 4 is 23.0 Å². The lowest BCUT2D eigenvalue weighted by molar-refractivity contribution is 0.812. The zero-order chi connectivity index (χ0) is 11.5. The van der Waals surface area contributed by atoms with Crippen LogP contribution < -0.4 is 11.1 Å². The van der Waals surface area contributed by atoms with Crippen molar-refractivity contribution in [1.29, 1.82) is 0 Å². The summed E-state index contributed by atoms with van der Waals surface area (Å²) in [7, 11) is 1.89. The number of aryl methyl sites for hydroxylation is 1. The first-order valence-electron chi connectivity index (χ1n) is 4.79. The molecule has 0 atom stereocenters. The van der Waals surface area contributed by atoms with Crippen LogP contribution in [0.3, 0.4) is 0 Å². The Labute approximate surface area is 98.2 Å². The number of nitrogens with one attached hydrogen (secondary N) is 1. The fourth-order valence-corrected chi connectivity index (χ4v) is 1.51. The number of nitrogens with zero attached hydrogens (tertiary/aromatic N) is 3. The molecule has 0 aliphatic heterocycles. The van der Waals surface area contributed by atoms with Crippen molar-refractivity contribution in [2.45, 2.75) is 6.54 Å². The molecule has 0 bridgehead atoms. The molecule has 1 heterocycles. The zero-order valence-corrected chi connectivity index (χ0v) is 9.57. The fourth-order valence-electron chi connectivity index (χ4n) is 1.33. The van der Waals surface area contributed by atoms with Crippen LogP contribution in [0.5, 0.6) is 0 Å². The van der Waals surface area contributed by atoms with Crippen LogP contribution in [0, 0.1) is 0 Å². The van der Waals surface area contributed by atoms with E-state index < -0.39 is 0 Å². The number of nitrogen functional groups attached to an aromatic ring is 1. The lowest BCUT2D eigenvalue weighted by Gasteiger charge is -2.09. The Morgan fingerprint density at radius 3 is 3.00 bits per heavy atom. The Morgan fingerprint density at radius 1 is 1.50 bits per heavy atom. The molecule has 0 spiro atoms. The first-order valence-corrected chi connectivity index (χ1v) is 5.17. The van der Waals surface area contributed by atoms with E-state index in [1.54, 1.807) is 12.4 Å². The van der Waals surface area contributed by atoms with Crippen molar-refractivity contribution in [3.8, 4) is 0 Å². The quantitative estimate of drug-likeness (QED) is 0.797. The van der Waals surface area contributed by atoms with Gasteiger partial charge in [0.1, 0.15) is 6.33 Å². The van der Waals surface area contributed by atoms with Gasteiger partial charge in [0.25, 0.3) is 0 Å². The third-order valence-corrected chi connectivity index (χ3v) is 2.62. The zero-order valence-electron chi connectivity index (χ0n) is 8.81. The molecule has 1 aromatic heterocycles. The molecule has 16 heavy (non-hydrogen) atoms. The summed E-state index contributed by atoms with van der Waals surface area (Å²) in [6.45, 7) is 0.557. The molecule has 6 heteroatoms. The normalized spacial score (nSPS) is 10.4. The van der Waals surface area contributed by atoms with E-state index >= 15 is 0 Å². The average Bonchev–Trinajstić information content (AvgIpc) is 2.67. The summed E-state index contributed by atoms with van der Waals surface area (Å²) in [5, 5.41) is 11.5. The van der Waals surface area contributed by atoms with E-state index in [0.29, 0.717) is 17.3 Å². The maximum Gasteiger partial charge on any atom is 0.151 e. The molecule has 0 amide bonds. The van der Waals surface area contributed by atoms with Crippen molar-refractivity contribution < 1.29 is 0 Å². The second-order valence-electron chi connectivity index (χ2n) is 3.41. The van der Waals surface area contributed by atoms with Gasteiger partial charge < -0.3 is 15.6 Å². The van der Waals surface area contributed by atoms with Crippen LogP contribution in [0.1, 0.15) is 5.82 Å².